The lowest BCUT2D eigenvalue weighted by molar-refractivity contribution is -0.148. The van der Waals surface area contributed by atoms with Gasteiger partial charge in [-0.05, 0) is 51.4 Å². The molecule has 0 aromatic heterocycles. The van der Waals surface area contributed by atoms with Crippen LogP contribution in [0, 0.1) is 5.92 Å². The van der Waals surface area contributed by atoms with Gasteiger partial charge in [0.25, 0.3) is 0 Å². The highest BCUT2D eigenvalue weighted by Crippen LogP contribution is 2.36. The first-order valence-electron chi connectivity index (χ1n) is 14.0. The number of cyclic esters (lactones) is 1. The molecule has 9 atom stereocenters. The number of carbonyl (C=O) groups is 1. The number of rotatable bonds is 4. The van der Waals surface area contributed by atoms with Gasteiger partial charge in [0.2, 0.25) is 0 Å². The molecule has 0 aliphatic carbocycles. The van der Waals surface area contributed by atoms with Crippen molar-refractivity contribution in [1.82, 2.24) is 0 Å². The summed E-state index contributed by atoms with van der Waals surface area (Å²) in [5, 5.41) is 11.0. The average Bonchev–Trinajstić information content (AvgIpc) is 3.64. The second-order valence-electron chi connectivity index (χ2n) is 11.2. The zero-order valence-electron chi connectivity index (χ0n) is 23.0. The van der Waals surface area contributed by atoms with Crippen molar-refractivity contribution in [1.29, 1.82) is 0 Å². The number of esters is 1. The molecule has 1 fully saturated rings. The zero-order valence-corrected chi connectivity index (χ0v) is 23.0. The molecule has 4 heterocycles. The molecule has 0 aromatic carbocycles. The number of carbonyl (C=O) groups excluding carboxylic acids is 1. The fraction of sp³-hybridized carbons (Fsp3) is 0.645. The van der Waals surface area contributed by atoms with E-state index in [1.165, 1.54) is 11.6 Å². The van der Waals surface area contributed by atoms with Crippen LogP contribution in [0.4, 0.5) is 0 Å². The van der Waals surface area contributed by atoms with Crippen LogP contribution in [-0.2, 0) is 28.5 Å². The van der Waals surface area contributed by atoms with E-state index in [0.717, 1.165) is 31.3 Å². The molecule has 7 nitrogen and oxygen atoms in total. The maximum atomic E-state index is 12.7. The molecule has 7 heteroatoms. The number of fused-ring (bicyclic) bond motifs is 3. The molecule has 1 saturated heterocycles. The van der Waals surface area contributed by atoms with Gasteiger partial charge < -0.3 is 28.8 Å². The molecule has 38 heavy (non-hydrogen) atoms. The fourth-order valence-corrected chi connectivity index (χ4v) is 5.65. The third-order valence-corrected chi connectivity index (χ3v) is 7.72. The summed E-state index contributed by atoms with van der Waals surface area (Å²) in [6.07, 6.45) is 16.1. The average molecular weight is 529 g/mol. The van der Waals surface area contributed by atoms with E-state index < -0.39 is 18.2 Å². The standard InChI is InChI=1S/C31H44O7/c1-20-13-14-35-24(16-20)11-12-26(32)27-19-29-31(38-29)28(34-4)18-22(3)15-21(2)17-25-9-5-7-23(36-25)8-6-10-30(33)37-27/h5-7,10-13,21,23-29,31-32H,3,8-9,14-19H2,1-2,4H3/b10-6-,12-11+. The Hall–Kier alpha value is -2.03. The maximum absolute atomic E-state index is 12.7. The summed E-state index contributed by atoms with van der Waals surface area (Å²) in [5.74, 6) is -0.0497. The highest BCUT2D eigenvalue weighted by Gasteiger charge is 2.47. The number of aliphatic hydroxyl groups is 1. The molecule has 4 rings (SSSR count). The Bertz CT molecular complexity index is 935. The Kier molecular flexibility index (Phi) is 10.6. The Balaban J connectivity index is 1.46. The highest BCUT2D eigenvalue weighted by molar-refractivity contribution is 5.82. The molecule has 210 valence electrons. The van der Waals surface area contributed by atoms with Gasteiger partial charge in [0.05, 0.1) is 37.1 Å². The van der Waals surface area contributed by atoms with Gasteiger partial charge in [0.1, 0.15) is 18.3 Å². The van der Waals surface area contributed by atoms with Crippen molar-refractivity contribution in [2.24, 2.45) is 5.92 Å². The number of aliphatic hydroxyl groups excluding tert-OH is 1. The minimum absolute atomic E-state index is 0.0668. The molecule has 0 spiro atoms. The van der Waals surface area contributed by atoms with Gasteiger partial charge in [-0.2, -0.15) is 0 Å². The summed E-state index contributed by atoms with van der Waals surface area (Å²) in [4.78, 5) is 12.7. The Morgan fingerprint density at radius 2 is 2.00 bits per heavy atom. The lowest BCUT2D eigenvalue weighted by Gasteiger charge is -2.28. The van der Waals surface area contributed by atoms with E-state index in [1.807, 2.05) is 6.08 Å². The molecular weight excluding hydrogens is 484 g/mol. The number of methoxy groups -OCH3 is 1. The summed E-state index contributed by atoms with van der Waals surface area (Å²) >= 11 is 0. The van der Waals surface area contributed by atoms with Crippen molar-refractivity contribution in [2.45, 2.75) is 108 Å². The van der Waals surface area contributed by atoms with E-state index in [1.54, 1.807) is 19.3 Å². The summed E-state index contributed by atoms with van der Waals surface area (Å²) in [6, 6.07) is 0. The van der Waals surface area contributed by atoms with Crippen molar-refractivity contribution < 1.29 is 33.6 Å². The largest absolute Gasteiger partial charge is 0.456 e. The first kappa shape index (κ1) is 29.0. The van der Waals surface area contributed by atoms with Crippen LogP contribution >= 0.6 is 0 Å². The fourth-order valence-electron chi connectivity index (χ4n) is 5.65. The Morgan fingerprint density at radius 1 is 1.16 bits per heavy atom. The summed E-state index contributed by atoms with van der Waals surface area (Å²) < 4.78 is 29.5. The van der Waals surface area contributed by atoms with E-state index in [4.69, 9.17) is 23.7 Å². The van der Waals surface area contributed by atoms with E-state index in [-0.39, 0.29) is 36.6 Å². The summed E-state index contributed by atoms with van der Waals surface area (Å²) in [7, 11) is 1.69. The monoisotopic (exact) mass is 528 g/mol. The summed E-state index contributed by atoms with van der Waals surface area (Å²) in [6.45, 7) is 9.19. The SMILES string of the molecule is C=C1CC(C)CC2CC=CC(C/C=C\C(=O)OC(C(O)/C=C/C3CC(C)=CCO3)CC3OC3C(OC)C1)O2. The third-order valence-electron chi connectivity index (χ3n) is 7.72. The molecule has 0 saturated carbocycles. The molecule has 0 aromatic rings. The van der Waals surface area contributed by atoms with Crippen LogP contribution in [0.1, 0.15) is 58.8 Å². The van der Waals surface area contributed by atoms with Gasteiger partial charge in [-0.1, -0.05) is 61.1 Å². The van der Waals surface area contributed by atoms with Crippen LogP contribution < -0.4 is 0 Å². The lowest BCUT2D eigenvalue weighted by Crippen LogP contribution is -2.33. The van der Waals surface area contributed by atoms with Crippen LogP contribution in [0.3, 0.4) is 0 Å². The predicted molar refractivity (Wildman–Crippen MR) is 146 cm³/mol. The van der Waals surface area contributed by atoms with Crippen molar-refractivity contribution in [3.63, 3.8) is 0 Å². The van der Waals surface area contributed by atoms with Gasteiger partial charge >= 0.3 is 5.97 Å². The van der Waals surface area contributed by atoms with Crippen LogP contribution in [0.25, 0.3) is 0 Å². The van der Waals surface area contributed by atoms with Crippen LogP contribution in [0.15, 0.2) is 60.3 Å². The van der Waals surface area contributed by atoms with Crippen molar-refractivity contribution in [2.75, 3.05) is 13.7 Å². The Morgan fingerprint density at radius 3 is 2.79 bits per heavy atom. The van der Waals surface area contributed by atoms with Crippen molar-refractivity contribution in [3.05, 3.63) is 60.3 Å². The van der Waals surface area contributed by atoms with E-state index in [0.29, 0.717) is 31.8 Å². The van der Waals surface area contributed by atoms with Gasteiger partial charge in [-0.3, -0.25) is 0 Å². The molecule has 0 radical (unpaired) electrons. The van der Waals surface area contributed by atoms with Crippen molar-refractivity contribution >= 4 is 5.97 Å². The molecule has 1 N–H and O–H groups in total. The van der Waals surface area contributed by atoms with E-state index in [2.05, 4.69) is 38.7 Å². The van der Waals surface area contributed by atoms with Crippen LogP contribution in [-0.4, -0.2) is 73.6 Å². The van der Waals surface area contributed by atoms with E-state index >= 15 is 0 Å². The number of ether oxygens (including phenoxy) is 5. The highest BCUT2D eigenvalue weighted by atomic mass is 16.6. The molecule has 4 aliphatic rings. The summed E-state index contributed by atoms with van der Waals surface area (Å²) in [5.41, 5.74) is 2.39. The van der Waals surface area contributed by atoms with Gasteiger partial charge in [-0.25, -0.2) is 4.79 Å². The molecule has 2 bridgehead atoms. The van der Waals surface area contributed by atoms with Crippen LogP contribution in [0.5, 0.6) is 0 Å². The first-order chi connectivity index (χ1) is 18.3. The molecule has 4 aliphatic heterocycles. The Labute approximate surface area is 227 Å². The second-order valence-corrected chi connectivity index (χ2v) is 11.2. The molecule has 9 unspecified atom stereocenters. The van der Waals surface area contributed by atoms with Crippen LogP contribution in [0.2, 0.25) is 0 Å². The first-order valence-corrected chi connectivity index (χ1v) is 14.0. The number of hydrogen-bond donors (Lipinski definition) is 1. The quantitative estimate of drug-likeness (QED) is 0.320. The van der Waals surface area contributed by atoms with Gasteiger partial charge in [0, 0.05) is 19.6 Å². The molecular formula is C31H44O7. The van der Waals surface area contributed by atoms with E-state index in [9.17, 15) is 9.90 Å². The smallest absolute Gasteiger partial charge is 0.330 e. The van der Waals surface area contributed by atoms with Gasteiger partial charge in [0.15, 0.2) is 0 Å². The van der Waals surface area contributed by atoms with Crippen molar-refractivity contribution in [3.8, 4) is 0 Å². The molecule has 0 amide bonds. The number of hydrogen-bond acceptors (Lipinski definition) is 7. The minimum Gasteiger partial charge on any atom is -0.456 e. The number of epoxide rings is 1. The predicted octanol–water partition coefficient (Wildman–Crippen LogP) is 4.76. The normalized spacial score (nSPS) is 38.9. The topological polar surface area (TPSA) is 86.8 Å². The zero-order chi connectivity index (χ0) is 27.1. The minimum atomic E-state index is -0.986. The second kappa shape index (κ2) is 13.9. The lowest BCUT2D eigenvalue weighted by atomic mass is 9.90. The maximum Gasteiger partial charge on any atom is 0.330 e. The van der Waals surface area contributed by atoms with Gasteiger partial charge in [-0.15, -0.1) is 0 Å². The third kappa shape index (κ3) is 8.75.